The van der Waals surface area contributed by atoms with E-state index in [9.17, 15) is 0 Å². The van der Waals surface area contributed by atoms with Gasteiger partial charge in [-0.25, -0.2) is 0 Å². The summed E-state index contributed by atoms with van der Waals surface area (Å²) >= 11 is 5.75. The number of nitrogens with one attached hydrogen (secondary N) is 1. The first kappa shape index (κ1) is 9.27. The van der Waals surface area contributed by atoms with Gasteiger partial charge in [-0.2, -0.15) is 9.97 Å². The van der Waals surface area contributed by atoms with Crippen LogP contribution in [0.3, 0.4) is 0 Å². The highest BCUT2D eigenvalue weighted by Gasteiger charge is 2.11. The highest BCUT2D eigenvalue weighted by Crippen LogP contribution is 2.26. The van der Waals surface area contributed by atoms with Gasteiger partial charge in [0.05, 0.1) is 12.0 Å². The molecule has 0 aliphatic carbocycles. The highest BCUT2D eigenvalue weighted by molar-refractivity contribution is 6.28. The van der Waals surface area contributed by atoms with E-state index in [-0.39, 0.29) is 5.28 Å². The molecule has 0 atom stereocenters. The summed E-state index contributed by atoms with van der Waals surface area (Å²) in [6.07, 6.45) is 1.86. The van der Waals surface area contributed by atoms with Crippen LogP contribution in [0.15, 0.2) is 6.20 Å². The van der Waals surface area contributed by atoms with Crippen LogP contribution in [-0.4, -0.2) is 21.6 Å². The van der Waals surface area contributed by atoms with Gasteiger partial charge in [0.1, 0.15) is 5.65 Å². The number of fused-ring (bicyclic) bond motifs is 1. The Bertz CT molecular complexity index is 466. The monoisotopic (exact) mass is 211 g/mol. The summed E-state index contributed by atoms with van der Waals surface area (Å²) in [6, 6.07) is 0. The van der Waals surface area contributed by atoms with Crippen LogP contribution >= 0.6 is 11.6 Å². The molecule has 0 aromatic carbocycles. The van der Waals surface area contributed by atoms with E-state index >= 15 is 0 Å². The highest BCUT2D eigenvalue weighted by atomic mass is 35.5. The molecule has 2 aromatic heterocycles. The van der Waals surface area contributed by atoms with Gasteiger partial charge in [-0.15, -0.1) is 0 Å². The molecule has 0 fully saturated rings. The maximum Gasteiger partial charge on any atom is 0.227 e. The number of aromatic nitrogens is 3. The molecule has 1 N–H and O–H groups in total. The first-order valence-corrected chi connectivity index (χ1v) is 4.74. The fourth-order valence-corrected chi connectivity index (χ4v) is 1.53. The van der Waals surface area contributed by atoms with Crippen molar-refractivity contribution in [3.63, 3.8) is 0 Å². The molecule has 0 bridgehead atoms. The zero-order chi connectivity index (χ0) is 10.1. The van der Waals surface area contributed by atoms with Crippen molar-refractivity contribution in [1.82, 2.24) is 15.0 Å². The van der Waals surface area contributed by atoms with Crippen molar-refractivity contribution in [2.75, 3.05) is 6.61 Å². The summed E-state index contributed by atoms with van der Waals surface area (Å²) in [4.78, 5) is 11.1. The topological polar surface area (TPSA) is 50.8 Å². The summed E-state index contributed by atoms with van der Waals surface area (Å²) in [5.74, 6) is 0.543. The molecule has 0 amide bonds. The second kappa shape index (κ2) is 3.46. The third kappa shape index (κ3) is 1.42. The van der Waals surface area contributed by atoms with Crippen molar-refractivity contribution >= 4 is 22.6 Å². The molecular formula is C9H10ClN3O. The Balaban J connectivity index is 2.70. The Kier molecular flexibility index (Phi) is 2.29. The molecule has 4 nitrogen and oxygen atoms in total. The molecule has 14 heavy (non-hydrogen) atoms. The maximum absolute atomic E-state index is 5.75. The van der Waals surface area contributed by atoms with Crippen molar-refractivity contribution in [2.45, 2.75) is 13.8 Å². The Morgan fingerprint density at radius 3 is 3.00 bits per heavy atom. The number of aryl methyl sites for hydroxylation is 1. The van der Waals surface area contributed by atoms with Crippen LogP contribution in [0.4, 0.5) is 0 Å². The minimum atomic E-state index is 0.197. The number of hydrogen-bond donors (Lipinski definition) is 1. The fraction of sp³-hybridized carbons (Fsp3) is 0.333. The second-order valence-corrected chi connectivity index (χ2v) is 3.26. The predicted octanol–water partition coefficient (Wildman–Crippen LogP) is 2.32. The van der Waals surface area contributed by atoms with Crippen LogP contribution in [0.2, 0.25) is 5.28 Å². The molecule has 0 radical (unpaired) electrons. The normalized spacial score (nSPS) is 10.8. The molecule has 0 spiro atoms. The van der Waals surface area contributed by atoms with E-state index in [2.05, 4.69) is 15.0 Å². The lowest BCUT2D eigenvalue weighted by Gasteiger charge is -2.03. The average Bonchev–Trinajstić information content (AvgIpc) is 2.48. The first-order valence-electron chi connectivity index (χ1n) is 4.36. The molecule has 2 aromatic rings. The standard InChI is InChI=1S/C9H10ClN3O/c1-3-14-8-6-5(2)4-11-7(6)12-9(10)13-8/h4H,3H2,1-2H3,(H,11,12,13). The van der Waals surface area contributed by atoms with Gasteiger partial charge >= 0.3 is 0 Å². The minimum Gasteiger partial charge on any atom is -0.477 e. The van der Waals surface area contributed by atoms with Gasteiger partial charge in [0.2, 0.25) is 11.2 Å². The summed E-state index contributed by atoms with van der Waals surface area (Å²) in [7, 11) is 0. The minimum absolute atomic E-state index is 0.197. The quantitative estimate of drug-likeness (QED) is 0.776. The SMILES string of the molecule is CCOc1nc(Cl)nc2[nH]cc(C)c12. The lowest BCUT2D eigenvalue weighted by molar-refractivity contribution is 0.331. The zero-order valence-electron chi connectivity index (χ0n) is 7.97. The van der Waals surface area contributed by atoms with Gasteiger partial charge in [0.25, 0.3) is 0 Å². The van der Waals surface area contributed by atoms with E-state index < -0.39 is 0 Å². The van der Waals surface area contributed by atoms with Gasteiger partial charge in [0.15, 0.2) is 0 Å². The molecule has 0 aliphatic rings. The van der Waals surface area contributed by atoms with Gasteiger partial charge in [0, 0.05) is 6.20 Å². The van der Waals surface area contributed by atoms with Gasteiger partial charge < -0.3 is 9.72 Å². The largest absolute Gasteiger partial charge is 0.477 e. The van der Waals surface area contributed by atoms with Gasteiger partial charge in [-0.05, 0) is 31.0 Å². The number of hydrogen-bond acceptors (Lipinski definition) is 3. The van der Waals surface area contributed by atoms with E-state index in [0.29, 0.717) is 18.1 Å². The van der Waals surface area contributed by atoms with E-state index in [1.807, 2.05) is 20.0 Å². The van der Waals surface area contributed by atoms with E-state index in [1.165, 1.54) is 0 Å². The van der Waals surface area contributed by atoms with Crippen molar-refractivity contribution < 1.29 is 4.74 Å². The van der Waals surface area contributed by atoms with Crippen LogP contribution in [0.25, 0.3) is 11.0 Å². The Morgan fingerprint density at radius 1 is 1.50 bits per heavy atom. The predicted molar refractivity (Wildman–Crippen MR) is 54.8 cm³/mol. The first-order chi connectivity index (χ1) is 6.72. The van der Waals surface area contributed by atoms with Crippen LogP contribution in [0.1, 0.15) is 12.5 Å². The lowest BCUT2D eigenvalue weighted by Crippen LogP contribution is -1.97. The van der Waals surface area contributed by atoms with Crippen LogP contribution in [-0.2, 0) is 0 Å². The molecule has 0 saturated carbocycles. The number of halogens is 1. The van der Waals surface area contributed by atoms with Crippen molar-refractivity contribution in [3.8, 4) is 5.88 Å². The Labute approximate surface area is 86.3 Å². The molecule has 0 unspecified atom stereocenters. The third-order valence-electron chi connectivity index (χ3n) is 1.95. The summed E-state index contributed by atoms with van der Waals surface area (Å²) in [6.45, 7) is 4.44. The van der Waals surface area contributed by atoms with Gasteiger partial charge in [-0.3, -0.25) is 0 Å². The molecule has 74 valence electrons. The molecular weight excluding hydrogens is 202 g/mol. The molecule has 0 aliphatic heterocycles. The molecule has 0 saturated heterocycles. The van der Waals surface area contributed by atoms with Crippen LogP contribution < -0.4 is 4.74 Å². The molecule has 5 heteroatoms. The van der Waals surface area contributed by atoms with Crippen molar-refractivity contribution in [3.05, 3.63) is 17.0 Å². The average molecular weight is 212 g/mol. The zero-order valence-corrected chi connectivity index (χ0v) is 8.72. The number of aromatic amines is 1. The number of nitrogens with zero attached hydrogens (tertiary/aromatic N) is 2. The second-order valence-electron chi connectivity index (χ2n) is 2.93. The van der Waals surface area contributed by atoms with Crippen LogP contribution in [0.5, 0.6) is 5.88 Å². The molecule has 2 rings (SSSR count). The smallest absolute Gasteiger partial charge is 0.227 e. The summed E-state index contributed by atoms with van der Waals surface area (Å²) in [5, 5.41) is 1.10. The third-order valence-corrected chi connectivity index (χ3v) is 2.12. The number of ether oxygens (including phenoxy) is 1. The van der Waals surface area contributed by atoms with E-state index in [0.717, 1.165) is 10.9 Å². The molecule has 2 heterocycles. The van der Waals surface area contributed by atoms with Crippen molar-refractivity contribution in [1.29, 1.82) is 0 Å². The number of rotatable bonds is 2. The summed E-state index contributed by atoms with van der Waals surface area (Å²) < 4.78 is 5.38. The maximum atomic E-state index is 5.75. The van der Waals surface area contributed by atoms with E-state index in [4.69, 9.17) is 16.3 Å². The Hall–Kier alpha value is -1.29. The van der Waals surface area contributed by atoms with Gasteiger partial charge in [-0.1, -0.05) is 0 Å². The summed E-state index contributed by atoms with van der Waals surface area (Å²) in [5.41, 5.74) is 1.77. The van der Waals surface area contributed by atoms with Crippen molar-refractivity contribution in [2.24, 2.45) is 0 Å². The fourth-order valence-electron chi connectivity index (χ4n) is 1.36. The number of H-pyrrole nitrogens is 1. The lowest BCUT2D eigenvalue weighted by atomic mass is 10.3. The Morgan fingerprint density at radius 2 is 2.29 bits per heavy atom. The van der Waals surface area contributed by atoms with E-state index in [1.54, 1.807) is 0 Å². The van der Waals surface area contributed by atoms with Crippen LogP contribution in [0, 0.1) is 6.92 Å².